The highest BCUT2D eigenvalue weighted by Gasteiger charge is 2.05. The van der Waals surface area contributed by atoms with Crippen molar-refractivity contribution in [3.8, 4) is 0 Å². The molecule has 0 fully saturated rings. The van der Waals surface area contributed by atoms with Gasteiger partial charge in [0.25, 0.3) is 5.91 Å². The Hall–Kier alpha value is -2.21. The highest BCUT2D eigenvalue weighted by molar-refractivity contribution is 5.94. The van der Waals surface area contributed by atoms with Crippen molar-refractivity contribution in [2.24, 2.45) is 0 Å². The van der Waals surface area contributed by atoms with Crippen molar-refractivity contribution in [3.05, 3.63) is 41.7 Å². The van der Waals surface area contributed by atoms with Crippen molar-refractivity contribution < 1.29 is 4.79 Å². The third-order valence-corrected chi connectivity index (χ3v) is 3.20. The maximum Gasteiger partial charge on any atom is 0.251 e. The van der Waals surface area contributed by atoms with Crippen LogP contribution in [0, 0.1) is 0 Å². The van der Waals surface area contributed by atoms with Crippen LogP contribution < -0.4 is 16.0 Å². The van der Waals surface area contributed by atoms with Gasteiger partial charge in [-0.1, -0.05) is 0 Å². The average molecular weight is 324 g/mol. The van der Waals surface area contributed by atoms with Crippen LogP contribution >= 0.6 is 12.4 Å². The van der Waals surface area contributed by atoms with Gasteiger partial charge in [-0.15, -0.1) is 12.4 Å². The van der Waals surface area contributed by atoms with Gasteiger partial charge in [-0.2, -0.15) is 0 Å². The number of benzene rings is 1. The molecule has 0 aliphatic heterocycles. The molecule has 0 spiro atoms. The molecule has 22 heavy (non-hydrogen) atoms. The maximum absolute atomic E-state index is 12.0. The molecule has 0 radical (unpaired) electrons. The van der Waals surface area contributed by atoms with Crippen molar-refractivity contribution >= 4 is 29.9 Å². The quantitative estimate of drug-likeness (QED) is 0.708. The summed E-state index contributed by atoms with van der Waals surface area (Å²) in [5.41, 5.74) is 8.23. The zero-order valence-electron chi connectivity index (χ0n) is 12.8. The van der Waals surface area contributed by atoms with Crippen molar-refractivity contribution in [2.45, 2.75) is 12.8 Å². The number of nitrogens with two attached hydrogens (primary N) is 1. The minimum atomic E-state index is -0.0515. The SMILES string of the molecule is CN(C)c1ccc(C(=O)NCCCc2cnc(N)[nH]2)cc1.Cl. The van der Waals surface area contributed by atoms with Gasteiger partial charge in [0.1, 0.15) is 0 Å². The summed E-state index contributed by atoms with van der Waals surface area (Å²) in [7, 11) is 3.94. The van der Waals surface area contributed by atoms with Gasteiger partial charge < -0.3 is 20.9 Å². The minimum Gasteiger partial charge on any atom is -0.378 e. The third kappa shape index (κ3) is 4.96. The highest BCUT2D eigenvalue weighted by Crippen LogP contribution is 2.12. The predicted molar refractivity (Wildman–Crippen MR) is 91.7 cm³/mol. The summed E-state index contributed by atoms with van der Waals surface area (Å²) in [4.78, 5) is 20.9. The number of nitrogens with zero attached hydrogens (tertiary/aromatic N) is 2. The lowest BCUT2D eigenvalue weighted by molar-refractivity contribution is 0.0953. The molecule has 4 N–H and O–H groups in total. The number of halogens is 1. The van der Waals surface area contributed by atoms with E-state index >= 15 is 0 Å². The summed E-state index contributed by atoms with van der Waals surface area (Å²) in [6, 6.07) is 7.53. The fourth-order valence-electron chi connectivity index (χ4n) is 2.00. The van der Waals surface area contributed by atoms with Crippen LogP contribution in [0.2, 0.25) is 0 Å². The van der Waals surface area contributed by atoms with E-state index in [9.17, 15) is 4.79 Å². The Labute approximate surface area is 136 Å². The van der Waals surface area contributed by atoms with Crippen molar-refractivity contribution in [2.75, 3.05) is 31.3 Å². The number of aromatic nitrogens is 2. The van der Waals surface area contributed by atoms with Gasteiger partial charge in [-0.3, -0.25) is 4.79 Å². The molecule has 2 rings (SSSR count). The Morgan fingerprint density at radius 1 is 1.32 bits per heavy atom. The van der Waals surface area contributed by atoms with Crippen LogP contribution in [0.1, 0.15) is 22.5 Å². The zero-order chi connectivity index (χ0) is 15.2. The van der Waals surface area contributed by atoms with Crippen molar-refractivity contribution in [3.63, 3.8) is 0 Å². The van der Waals surface area contributed by atoms with E-state index in [1.54, 1.807) is 6.20 Å². The van der Waals surface area contributed by atoms with E-state index in [4.69, 9.17) is 5.73 Å². The van der Waals surface area contributed by atoms with Crippen LogP contribution in [-0.4, -0.2) is 36.5 Å². The second kappa shape index (κ2) is 8.29. The fourth-order valence-corrected chi connectivity index (χ4v) is 2.00. The summed E-state index contributed by atoms with van der Waals surface area (Å²) in [5, 5.41) is 2.91. The molecule has 1 aromatic heterocycles. The van der Waals surface area contributed by atoms with Crippen molar-refractivity contribution in [1.82, 2.24) is 15.3 Å². The minimum absolute atomic E-state index is 0. The predicted octanol–water partition coefficient (Wildman–Crippen LogP) is 1.84. The molecule has 0 unspecified atom stereocenters. The first-order chi connectivity index (χ1) is 10.1. The van der Waals surface area contributed by atoms with Gasteiger partial charge in [-0.05, 0) is 37.1 Å². The molecule has 120 valence electrons. The highest BCUT2D eigenvalue weighted by atomic mass is 35.5. The second-order valence-electron chi connectivity index (χ2n) is 5.09. The normalized spacial score (nSPS) is 9.91. The van der Waals surface area contributed by atoms with Gasteiger partial charge in [-0.25, -0.2) is 4.98 Å². The number of H-pyrrole nitrogens is 1. The summed E-state index contributed by atoms with van der Waals surface area (Å²) in [6.07, 6.45) is 3.37. The largest absolute Gasteiger partial charge is 0.378 e. The smallest absolute Gasteiger partial charge is 0.251 e. The van der Waals surface area contributed by atoms with Gasteiger partial charge >= 0.3 is 0 Å². The lowest BCUT2D eigenvalue weighted by Crippen LogP contribution is -2.24. The van der Waals surface area contributed by atoms with E-state index in [1.807, 2.05) is 43.3 Å². The topological polar surface area (TPSA) is 87.0 Å². The number of rotatable bonds is 6. The molecule has 0 saturated heterocycles. The number of nitrogen functional groups attached to an aromatic ring is 1. The van der Waals surface area contributed by atoms with Crippen LogP contribution in [-0.2, 0) is 6.42 Å². The summed E-state index contributed by atoms with van der Waals surface area (Å²) < 4.78 is 0. The number of anilines is 2. The first-order valence-electron chi connectivity index (χ1n) is 6.91. The van der Waals surface area contributed by atoms with Crippen LogP contribution in [0.15, 0.2) is 30.5 Å². The monoisotopic (exact) mass is 323 g/mol. The number of amides is 1. The van der Waals surface area contributed by atoms with E-state index in [-0.39, 0.29) is 18.3 Å². The lowest BCUT2D eigenvalue weighted by Gasteiger charge is -2.12. The summed E-state index contributed by atoms with van der Waals surface area (Å²) >= 11 is 0. The Kier molecular flexibility index (Phi) is 6.72. The molecular weight excluding hydrogens is 302 g/mol. The molecule has 1 heterocycles. The van der Waals surface area contributed by atoms with E-state index in [0.29, 0.717) is 18.1 Å². The maximum atomic E-state index is 12.0. The number of carbonyl (C=O) groups is 1. The number of aryl methyl sites for hydroxylation is 1. The van der Waals surface area contributed by atoms with E-state index in [0.717, 1.165) is 24.2 Å². The van der Waals surface area contributed by atoms with Crippen LogP contribution in [0.4, 0.5) is 11.6 Å². The number of nitrogens with one attached hydrogen (secondary N) is 2. The first-order valence-corrected chi connectivity index (χ1v) is 6.91. The fraction of sp³-hybridized carbons (Fsp3) is 0.333. The average Bonchev–Trinajstić information content (AvgIpc) is 2.89. The van der Waals surface area contributed by atoms with Gasteiger partial charge in [0.05, 0.1) is 6.20 Å². The Morgan fingerprint density at radius 2 is 2.00 bits per heavy atom. The molecule has 1 amide bonds. The van der Waals surface area contributed by atoms with Gasteiger partial charge in [0, 0.05) is 37.6 Å². The zero-order valence-corrected chi connectivity index (χ0v) is 13.6. The number of hydrogen-bond donors (Lipinski definition) is 3. The lowest BCUT2D eigenvalue weighted by atomic mass is 10.2. The Balaban J connectivity index is 0.00000242. The van der Waals surface area contributed by atoms with E-state index in [2.05, 4.69) is 15.3 Å². The van der Waals surface area contributed by atoms with Crippen LogP contribution in [0.25, 0.3) is 0 Å². The molecule has 0 saturated carbocycles. The number of hydrogen-bond acceptors (Lipinski definition) is 4. The standard InChI is InChI=1S/C15H21N5O.ClH/c1-20(2)13-7-5-11(6-8-13)14(21)17-9-3-4-12-10-18-15(16)19-12;/h5-8,10H,3-4,9H2,1-2H3,(H,17,21)(H3,16,18,19);1H. The Morgan fingerprint density at radius 3 is 2.55 bits per heavy atom. The molecule has 1 aromatic carbocycles. The molecule has 0 atom stereocenters. The molecule has 0 aliphatic carbocycles. The summed E-state index contributed by atoms with van der Waals surface area (Å²) in [6.45, 7) is 0.618. The Bertz CT molecular complexity index is 594. The molecular formula is C15H22ClN5O. The molecule has 0 bridgehead atoms. The van der Waals surface area contributed by atoms with Crippen LogP contribution in [0.5, 0.6) is 0 Å². The third-order valence-electron chi connectivity index (χ3n) is 3.20. The van der Waals surface area contributed by atoms with E-state index < -0.39 is 0 Å². The molecule has 0 aliphatic rings. The second-order valence-corrected chi connectivity index (χ2v) is 5.09. The molecule has 2 aromatic rings. The summed E-state index contributed by atoms with van der Waals surface area (Å²) in [5.74, 6) is 0.374. The molecule has 7 heteroatoms. The van der Waals surface area contributed by atoms with E-state index in [1.165, 1.54) is 0 Å². The van der Waals surface area contributed by atoms with Crippen LogP contribution in [0.3, 0.4) is 0 Å². The first kappa shape index (κ1) is 17.8. The number of aromatic amines is 1. The number of imidazole rings is 1. The number of carbonyl (C=O) groups excluding carboxylic acids is 1. The van der Waals surface area contributed by atoms with Gasteiger partial charge in [0.15, 0.2) is 5.95 Å². The van der Waals surface area contributed by atoms with Gasteiger partial charge in [0.2, 0.25) is 0 Å². The van der Waals surface area contributed by atoms with Crippen molar-refractivity contribution in [1.29, 1.82) is 0 Å². The molecule has 6 nitrogen and oxygen atoms in total.